The Kier molecular flexibility index (Phi) is 4.87. The highest BCUT2D eigenvalue weighted by Crippen LogP contribution is 2.36. The largest absolute Gasteiger partial charge is 0.330 e. The van der Waals surface area contributed by atoms with Gasteiger partial charge >= 0.3 is 0 Å². The van der Waals surface area contributed by atoms with Crippen molar-refractivity contribution < 1.29 is 0 Å². The lowest BCUT2D eigenvalue weighted by molar-refractivity contribution is 0.0118. The molecule has 1 aliphatic heterocycles. The minimum Gasteiger partial charge on any atom is -0.330 e. The van der Waals surface area contributed by atoms with Gasteiger partial charge in [-0.3, -0.25) is 4.90 Å². The van der Waals surface area contributed by atoms with Crippen molar-refractivity contribution in [1.82, 2.24) is 4.90 Å². The molecule has 1 saturated heterocycles. The third-order valence-electron chi connectivity index (χ3n) is 5.04. The zero-order chi connectivity index (χ0) is 12.3. The first-order valence-corrected chi connectivity index (χ1v) is 7.70. The van der Waals surface area contributed by atoms with Gasteiger partial charge in [0, 0.05) is 12.1 Å². The Balaban J connectivity index is 2.05. The summed E-state index contributed by atoms with van der Waals surface area (Å²) >= 11 is 0. The quantitative estimate of drug-likeness (QED) is 0.819. The zero-order valence-corrected chi connectivity index (χ0v) is 11.7. The van der Waals surface area contributed by atoms with Gasteiger partial charge in [0.2, 0.25) is 0 Å². The SMILES string of the molecule is CC1CCCC(C)C1N1CCCCC1CCN. The second-order valence-electron chi connectivity index (χ2n) is 6.34. The van der Waals surface area contributed by atoms with E-state index in [9.17, 15) is 0 Å². The highest BCUT2D eigenvalue weighted by molar-refractivity contribution is 4.90. The first kappa shape index (κ1) is 13.4. The standard InChI is InChI=1S/C15H30N2/c1-12-6-5-7-13(2)15(12)17-11-4-3-8-14(17)9-10-16/h12-15H,3-11,16H2,1-2H3. The first-order valence-electron chi connectivity index (χ1n) is 7.70. The van der Waals surface area contributed by atoms with Crippen molar-refractivity contribution in [2.75, 3.05) is 13.1 Å². The molecule has 2 N–H and O–H groups in total. The molecule has 0 aromatic carbocycles. The number of piperidine rings is 1. The summed E-state index contributed by atoms with van der Waals surface area (Å²) in [5, 5.41) is 0. The van der Waals surface area contributed by atoms with Crippen LogP contribution < -0.4 is 5.73 Å². The molecule has 3 atom stereocenters. The van der Waals surface area contributed by atoms with Crippen LogP contribution in [0.5, 0.6) is 0 Å². The normalized spacial score (nSPS) is 40.4. The lowest BCUT2D eigenvalue weighted by Crippen LogP contribution is -2.53. The van der Waals surface area contributed by atoms with E-state index in [4.69, 9.17) is 5.73 Å². The molecule has 0 radical (unpaired) electrons. The average Bonchev–Trinajstić information content (AvgIpc) is 2.31. The monoisotopic (exact) mass is 238 g/mol. The van der Waals surface area contributed by atoms with Crippen LogP contribution in [0.15, 0.2) is 0 Å². The van der Waals surface area contributed by atoms with Crippen molar-refractivity contribution in [2.24, 2.45) is 17.6 Å². The molecule has 0 bridgehead atoms. The van der Waals surface area contributed by atoms with Crippen molar-refractivity contribution >= 4 is 0 Å². The van der Waals surface area contributed by atoms with Crippen molar-refractivity contribution in [3.63, 3.8) is 0 Å². The molecule has 2 nitrogen and oxygen atoms in total. The molecule has 2 aliphatic rings. The lowest BCUT2D eigenvalue weighted by atomic mass is 9.76. The second kappa shape index (κ2) is 6.19. The summed E-state index contributed by atoms with van der Waals surface area (Å²) in [5.74, 6) is 1.77. The molecule has 0 aromatic heterocycles. The fraction of sp³-hybridized carbons (Fsp3) is 1.00. The van der Waals surface area contributed by atoms with Gasteiger partial charge in [0.05, 0.1) is 0 Å². The van der Waals surface area contributed by atoms with Crippen molar-refractivity contribution in [1.29, 1.82) is 0 Å². The summed E-state index contributed by atoms with van der Waals surface area (Å²) in [7, 11) is 0. The summed E-state index contributed by atoms with van der Waals surface area (Å²) in [6.07, 6.45) is 9.70. The van der Waals surface area contributed by atoms with E-state index in [0.29, 0.717) is 0 Å². The second-order valence-corrected chi connectivity index (χ2v) is 6.34. The summed E-state index contributed by atoms with van der Waals surface area (Å²) in [6, 6.07) is 1.61. The van der Waals surface area contributed by atoms with E-state index in [0.717, 1.165) is 30.5 Å². The third kappa shape index (κ3) is 3.03. The Bertz CT molecular complexity index is 217. The number of nitrogens with two attached hydrogens (primary N) is 1. The van der Waals surface area contributed by atoms with E-state index in [1.807, 2.05) is 0 Å². The van der Waals surface area contributed by atoms with Crippen molar-refractivity contribution in [2.45, 2.75) is 70.9 Å². The van der Waals surface area contributed by atoms with Crippen molar-refractivity contribution in [3.05, 3.63) is 0 Å². The van der Waals surface area contributed by atoms with Gasteiger partial charge < -0.3 is 5.73 Å². The highest BCUT2D eigenvalue weighted by atomic mass is 15.2. The molecule has 2 heteroatoms. The molecule has 100 valence electrons. The van der Waals surface area contributed by atoms with Crippen LogP contribution in [0.4, 0.5) is 0 Å². The predicted octanol–water partition coefficient (Wildman–Crippen LogP) is 3.01. The number of rotatable bonds is 3. The van der Waals surface area contributed by atoms with E-state index in [1.165, 1.54) is 51.5 Å². The van der Waals surface area contributed by atoms with Gasteiger partial charge in [-0.25, -0.2) is 0 Å². The molecular formula is C15H30N2. The smallest absolute Gasteiger partial charge is 0.0149 e. The van der Waals surface area contributed by atoms with E-state index in [-0.39, 0.29) is 0 Å². The minimum atomic E-state index is 0.779. The van der Waals surface area contributed by atoms with E-state index in [2.05, 4.69) is 18.7 Å². The summed E-state index contributed by atoms with van der Waals surface area (Å²) in [5.41, 5.74) is 5.79. The minimum absolute atomic E-state index is 0.779. The maximum absolute atomic E-state index is 5.79. The van der Waals surface area contributed by atoms with Gasteiger partial charge in [-0.2, -0.15) is 0 Å². The fourth-order valence-electron chi connectivity index (χ4n) is 4.24. The fourth-order valence-corrected chi connectivity index (χ4v) is 4.24. The molecular weight excluding hydrogens is 208 g/mol. The molecule has 0 amide bonds. The zero-order valence-electron chi connectivity index (χ0n) is 11.7. The van der Waals surface area contributed by atoms with Crippen LogP contribution in [0.25, 0.3) is 0 Å². The third-order valence-corrected chi connectivity index (χ3v) is 5.04. The van der Waals surface area contributed by atoms with E-state index >= 15 is 0 Å². The Labute approximate surface area is 107 Å². The maximum Gasteiger partial charge on any atom is 0.0149 e. The maximum atomic E-state index is 5.79. The summed E-state index contributed by atoms with van der Waals surface area (Å²) < 4.78 is 0. The van der Waals surface area contributed by atoms with E-state index in [1.54, 1.807) is 0 Å². The first-order chi connectivity index (χ1) is 8.24. The highest BCUT2D eigenvalue weighted by Gasteiger charge is 2.36. The van der Waals surface area contributed by atoms with Crippen LogP contribution in [-0.4, -0.2) is 30.1 Å². The molecule has 2 rings (SSSR count). The van der Waals surface area contributed by atoms with E-state index < -0.39 is 0 Å². The molecule has 0 aromatic rings. The van der Waals surface area contributed by atoms with Crippen LogP contribution in [-0.2, 0) is 0 Å². The van der Waals surface area contributed by atoms with Gasteiger partial charge in [0.1, 0.15) is 0 Å². The predicted molar refractivity (Wildman–Crippen MR) is 74.0 cm³/mol. The van der Waals surface area contributed by atoms with Crippen LogP contribution in [0, 0.1) is 11.8 Å². The molecule has 3 unspecified atom stereocenters. The van der Waals surface area contributed by atoms with Gasteiger partial charge in [-0.1, -0.05) is 26.7 Å². The molecule has 1 aliphatic carbocycles. The van der Waals surface area contributed by atoms with Gasteiger partial charge in [-0.15, -0.1) is 0 Å². The number of hydrogen-bond acceptors (Lipinski definition) is 2. The Morgan fingerprint density at radius 1 is 1.00 bits per heavy atom. The van der Waals surface area contributed by atoms with Gasteiger partial charge in [0.15, 0.2) is 0 Å². The molecule has 0 spiro atoms. The summed E-state index contributed by atoms with van der Waals surface area (Å²) in [4.78, 5) is 2.84. The van der Waals surface area contributed by atoms with Gasteiger partial charge in [-0.05, 0) is 57.0 Å². The lowest BCUT2D eigenvalue weighted by Gasteiger charge is -2.48. The Hall–Kier alpha value is -0.0800. The van der Waals surface area contributed by atoms with Crippen LogP contribution in [0.2, 0.25) is 0 Å². The van der Waals surface area contributed by atoms with Gasteiger partial charge in [0.25, 0.3) is 0 Å². The molecule has 1 saturated carbocycles. The number of hydrogen-bond donors (Lipinski definition) is 1. The Morgan fingerprint density at radius 3 is 2.35 bits per heavy atom. The number of likely N-dealkylation sites (tertiary alicyclic amines) is 1. The molecule has 1 heterocycles. The average molecular weight is 238 g/mol. The molecule has 17 heavy (non-hydrogen) atoms. The Morgan fingerprint density at radius 2 is 1.71 bits per heavy atom. The van der Waals surface area contributed by atoms with Crippen LogP contribution >= 0.6 is 0 Å². The van der Waals surface area contributed by atoms with Crippen LogP contribution in [0.3, 0.4) is 0 Å². The van der Waals surface area contributed by atoms with Crippen LogP contribution in [0.1, 0.15) is 58.8 Å². The van der Waals surface area contributed by atoms with Crippen molar-refractivity contribution in [3.8, 4) is 0 Å². The number of nitrogens with zero attached hydrogens (tertiary/aromatic N) is 1. The summed E-state index contributed by atoms with van der Waals surface area (Å²) in [6.45, 7) is 7.11. The molecule has 2 fully saturated rings. The topological polar surface area (TPSA) is 29.3 Å².